The first-order valence-electron chi connectivity index (χ1n) is 4.05. The van der Waals surface area contributed by atoms with Gasteiger partial charge in [0, 0.05) is 0 Å². The van der Waals surface area contributed by atoms with E-state index in [1.54, 1.807) is 0 Å². The summed E-state index contributed by atoms with van der Waals surface area (Å²) in [6.45, 7) is -0.434. The third-order valence-electron chi connectivity index (χ3n) is 1.61. The first-order valence-corrected chi connectivity index (χ1v) is 4.05. The van der Waals surface area contributed by atoms with E-state index in [4.69, 9.17) is 10.5 Å². The van der Waals surface area contributed by atoms with Gasteiger partial charge in [0.2, 0.25) is 5.91 Å². The van der Waals surface area contributed by atoms with Crippen LogP contribution in [0.1, 0.15) is 0 Å². The summed E-state index contributed by atoms with van der Waals surface area (Å²) in [7, 11) is 0. The number of hydrogen-bond acceptors (Lipinski definition) is 5. The molecule has 15 heavy (non-hydrogen) atoms. The maximum Gasteiger partial charge on any atom is 0.331 e. The normalized spacial score (nSPS) is 15.7. The number of imide groups is 2. The standard InChI is InChI=1S/C7H9N3O5/c8-4(11)3-15-2-1-10-6(13)5(12)9-7(10)14/h1-3H2,(H2,8,11)(H,9,12,14). The van der Waals surface area contributed by atoms with E-state index in [-0.39, 0.29) is 19.8 Å². The van der Waals surface area contributed by atoms with Crippen molar-refractivity contribution in [2.75, 3.05) is 19.8 Å². The zero-order chi connectivity index (χ0) is 11.4. The van der Waals surface area contributed by atoms with Gasteiger partial charge in [-0.1, -0.05) is 0 Å². The average Bonchev–Trinajstić information content (AvgIpc) is 2.37. The molecule has 0 radical (unpaired) electrons. The molecule has 5 amide bonds. The predicted octanol–water partition coefficient (Wildman–Crippen LogP) is -2.43. The number of hydrogen-bond donors (Lipinski definition) is 2. The molecule has 1 fully saturated rings. The molecule has 0 unspecified atom stereocenters. The third-order valence-corrected chi connectivity index (χ3v) is 1.61. The maximum atomic E-state index is 11.0. The molecule has 0 aromatic heterocycles. The third kappa shape index (κ3) is 2.74. The molecule has 0 saturated carbocycles. The summed E-state index contributed by atoms with van der Waals surface area (Å²) in [5.41, 5.74) is 4.79. The minimum absolute atomic E-state index is 0.0463. The number of carbonyl (C=O) groups is 4. The fraction of sp³-hybridized carbons (Fsp3) is 0.429. The van der Waals surface area contributed by atoms with Crippen LogP contribution in [0.4, 0.5) is 4.79 Å². The van der Waals surface area contributed by atoms with Crippen molar-refractivity contribution in [2.24, 2.45) is 5.73 Å². The minimum Gasteiger partial charge on any atom is -0.370 e. The molecule has 8 heteroatoms. The Balaban J connectivity index is 2.33. The molecule has 8 nitrogen and oxygen atoms in total. The Morgan fingerprint density at radius 1 is 1.40 bits per heavy atom. The quantitative estimate of drug-likeness (QED) is 0.300. The Morgan fingerprint density at radius 3 is 2.53 bits per heavy atom. The van der Waals surface area contributed by atoms with E-state index in [0.717, 1.165) is 0 Å². The van der Waals surface area contributed by atoms with E-state index in [9.17, 15) is 19.2 Å². The number of urea groups is 1. The Hall–Kier alpha value is -1.96. The largest absolute Gasteiger partial charge is 0.370 e. The fourth-order valence-corrected chi connectivity index (χ4v) is 0.965. The highest BCUT2D eigenvalue weighted by Gasteiger charge is 2.36. The van der Waals surface area contributed by atoms with Crippen LogP contribution in [0.3, 0.4) is 0 Å². The summed E-state index contributed by atoms with van der Waals surface area (Å²) >= 11 is 0. The topological polar surface area (TPSA) is 119 Å². The molecule has 0 bridgehead atoms. The molecule has 0 aromatic carbocycles. The van der Waals surface area contributed by atoms with Gasteiger partial charge in [0.15, 0.2) is 0 Å². The molecule has 1 rings (SSSR count). The Bertz CT molecular complexity index is 327. The van der Waals surface area contributed by atoms with Crippen molar-refractivity contribution in [3.8, 4) is 0 Å². The lowest BCUT2D eigenvalue weighted by atomic mass is 10.5. The van der Waals surface area contributed by atoms with Crippen LogP contribution in [0, 0.1) is 0 Å². The van der Waals surface area contributed by atoms with E-state index in [1.165, 1.54) is 0 Å². The summed E-state index contributed by atoms with van der Waals surface area (Å²) in [6, 6.07) is -0.785. The lowest BCUT2D eigenvalue weighted by Crippen LogP contribution is -2.34. The Kier molecular flexibility index (Phi) is 3.34. The molecular weight excluding hydrogens is 206 g/mol. The van der Waals surface area contributed by atoms with Gasteiger partial charge >= 0.3 is 17.8 Å². The summed E-state index contributed by atoms with van der Waals surface area (Å²) in [5.74, 6) is -2.54. The first kappa shape index (κ1) is 11.1. The highest BCUT2D eigenvalue weighted by Crippen LogP contribution is 1.99. The smallest absolute Gasteiger partial charge is 0.331 e. The number of nitrogens with two attached hydrogens (primary N) is 1. The molecule has 1 aliphatic rings. The predicted molar refractivity (Wildman–Crippen MR) is 45.3 cm³/mol. The molecule has 0 atom stereocenters. The molecule has 1 heterocycles. The first-order chi connectivity index (χ1) is 7.02. The molecular formula is C7H9N3O5. The molecule has 0 aromatic rings. The maximum absolute atomic E-state index is 11.0. The summed E-state index contributed by atoms with van der Waals surface area (Å²) in [5, 5.41) is 1.82. The number of ether oxygens (including phenoxy) is 1. The van der Waals surface area contributed by atoms with E-state index in [1.807, 2.05) is 5.32 Å². The zero-order valence-electron chi connectivity index (χ0n) is 7.69. The van der Waals surface area contributed by atoms with E-state index >= 15 is 0 Å². The summed E-state index contributed by atoms with van der Waals surface area (Å²) in [6.07, 6.45) is 0. The van der Waals surface area contributed by atoms with Gasteiger partial charge in [-0.2, -0.15) is 0 Å². The van der Waals surface area contributed by atoms with Gasteiger partial charge in [-0.3, -0.25) is 24.6 Å². The summed E-state index contributed by atoms with van der Waals surface area (Å²) in [4.78, 5) is 43.6. The van der Waals surface area contributed by atoms with Gasteiger partial charge in [-0.05, 0) is 0 Å². The summed E-state index contributed by atoms with van der Waals surface area (Å²) < 4.78 is 4.73. The SMILES string of the molecule is NC(=O)COCCN1C(=O)NC(=O)C1=O. The fourth-order valence-electron chi connectivity index (χ4n) is 0.965. The van der Waals surface area contributed by atoms with Crippen molar-refractivity contribution in [1.82, 2.24) is 10.2 Å². The van der Waals surface area contributed by atoms with Gasteiger partial charge in [0.1, 0.15) is 6.61 Å². The lowest BCUT2D eigenvalue weighted by molar-refractivity contribution is -0.140. The Morgan fingerprint density at radius 2 is 2.07 bits per heavy atom. The molecule has 0 aliphatic carbocycles. The minimum atomic E-state index is -0.963. The second kappa shape index (κ2) is 4.51. The van der Waals surface area contributed by atoms with Gasteiger partial charge in [0.05, 0.1) is 13.2 Å². The average molecular weight is 215 g/mol. The van der Waals surface area contributed by atoms with Crippen LogP contribution in [-0.4, -0.2) is 48.4 Å². The number of rotatable bonds is 5. The Labute approximate surface area is 84.3 Å². The second-order valence-corrected chi connectivity index (χ2v) is 2.73. The second-order valence-electron chi connectivity index (χ2n) is 2.73. The van der Waals surface area contributed by atoms with E-state index in [2.05, 4.69) is 0 Å². The zero-order valence-corrected chi connectivity index (χ0v) is 7.69. The van der Waals surface area contributed by atoms with Crippen LogP contribution < -0.4 is 11.1 Å². The van der Waals surface area contributed by atoms with Crippen molar-refractivity contribution in [3.05, 3.63) is 0 Å². The molecule has 1 saturated heterocycles. The number of nitrogens with zero attached hydrogens (tertiary/aromatic N) is 1. The van der Waals surface area contributed by atoms with Crippen LogP contribution in [0.2, 0.25) is 0 Å². The van der Waals surface area contributed by atoms with Crippen LogP contribution >= 0.6 is 0 Å². The van der Waals surface area contributed by atoms with Crippen molar-refractivity contribution >= 4 is 23.8 Å². The lowest BCUT2D eigenvalue weighted by Gasteiger charge is -2.10. The van der Waals surface area contributed by atoms with Crippen molar-refractivity contribution < 1.29 is 23.9 Å². The van der Waals surface area contributed by atoms with Crippen LogP contribution in [0.5, 0.6) is 0 Å². The molecule has 3 N–H and O–H groups in total. The van der Waals surface area contributed by atoms with Gasteiger partial charge in [0.25, 0.3) is 0 Å². The molecule has 1 aliphatic heterocycles. The van der Waals surface area contributed by atoms with Crippen molar-refractivity contribution in [1.29, 1.82) is 0 Å². The van der Waals surface area contributed by atoms with Crippen molar-refractivity contribution in [2.45, 2.75) is 0 Å². The highest BCUT2D eigenvalue weighted by molar-refractivity contribution is 6.44. The number of primary amides is 1. The van der Waals surface area contributed by atoms with Crippen LogP contribution in [0.25, 0.3) is 0 Å². The van der Waals surface area contributed by atoms with E-state index in [0.29, 0.717) is 4.90 Å². The number of nitrogens with one attached hydrogen (secondary N) is 1. The van der Waals surface area contributed by atoms with Crippen LogP contribution in [-0.2, 0) is 19.1 Å². The van der Waals surface area contributed by atoms with Gasteiger partial charge in [-0.25, -0.2) is 4.79 Å². The molecule has 0 spiro atoms. The number of carbonyl (C=O) groups excluding carboxylic acids is 4. The van der Waals surface area contributed by atoms with Gasteiger partial charge < -0.3 is 10.5 Å². The van der Waals surface area contributed by atoms with E-state index < -0.39 is 23.8 Å². The monoisotopic (exact) mass is 215 g/mol. The van der Waals surface area contributed by atoms with Crippen molar-refractivity contribution in [3.63, 3.8) is 0 Å². The molecule has 82 valence electrons. The van der Waals surface area contributed by atoms with Crippen LogP contribution in [0.15, 0.2) is 0 Å². The number of amides is 5. The highest BCUT2D eigenvalue weighted by atomic mass is 16.5. The van der Waals surface area contributed by atoms with Gasteiger partial charge in [-0.15, -0.1) is 0 Å².